The van der Waals surface area contributed by atoms with Crippen molar-refractivity contribution in [3.05, 3.63) is 17.8 Å². The molecule has 0 radical (unpaired) electrons. The molecule has 0 aliphatic heterocycles. The summed E-state index contributed by atoms with van der Waals surface area (Å²) in [6.45, 7) is 1.35. The summed E-state index contributed by atoms with van der Waals surface area (Å²) >= 11 is 1.50. The molecule has 0 amide bonds. The van der Waals surface area contributed by atoms with E-state index < -0.39 is 0 Å². The highest BCUT2D eigenvalue weighted by molar-refractivity contribution is 7.15. The number of esters is 1. The molecule has 0 saturated heterocycles. The van der Waals surface area contributed by atoms with Crippen LogP contribution >= 0.6 is 23.7 Å². The van der Waals surface area contributed by atoms with Crippen LogP contribution < -0.4 is 4.74 Å². The van der Waals surface area contributed by atoms with Crippen LogP contribution in [-0.2, 0) is 4.79 Å². The fourth-order valence-corrected chi connectivity index (χ4v) is 1.59. The van der Waals surface area contributed by atoms with Crippen LogP contribution in [0.3, 0.4) is 0 Å². The number of imidazole rings is 1. The Balaban J connectivity index is 0.000000845. The van der Waals surface area contributed by atoms with Gasteiger partial charge in [0.05, 0.1) is 6.20 Å². The summed E-state index contributed by atoms with van der Waals surface area (Å²) in [5.41, 5.74) is 0. The first-order valence-corrected chi connectivity index (χ1v) is 4.24. The van der Waals surface area contributed by atoms with Crippen molar-refractivity contribution in [1.82, 2.24) is 9.38 Å². The Morgan fingerprint density at radius 1 is 1.64 bits per heavy atom. The maximum atomic E-state index is 10.5. The van der Waals surface area contributed by atoms with Crippen molar-refractivity contribution < 1.29 is 15.0 Å². The predicted octanol–water partition coefficient (Wildman–Crippen LogP) is 0.918. The second kappa shape index (κ2) is 4.94. The number of fused-ring (bicyclic) bond motifs is 1. The van der Waals surface area contributed by atoms with Gasteiger partial charge in [-0.2, -0.15) is 4.98 Å². The Morgan fingerprint density at radius 3 is 2.93 bits per heavy atom. The second-order valence-electron chi connectivity index (χ2n) is 2.27. The van der Waals surface area contributed by atoms with E-state index in [4.69, 9.17) is 4.74 Å². The third-order valence-corrected chi connectivity index (χ3v) is 2.09. The van der Waals surface area contributed by atoms with E-state index in [1.54, 1.807) is 6.20 Å². The zero-order valence-electron chi connectivity index (χ0n) is 7.26. The largest absolute Gasteiger partial charge is 0.412 e. The van der Waals surface area contributed by atoms with Crippen molar-refractivity contribution in [2.75, 3.05) is 0 Å². The molecule has 0 bridgehead atoms. The average molecular weight is 237 g/mol. The molecule has 0 fully saturated rings. The topological polar surface area (TPSA) is 75.1 Å². The van der Waals surface area contributed by atoms with Gasteiger partial charge in [0.2, 0.25) is 5.88 Å². The maximum Gasteiger partial charge on any atom is 0.309 e. The Hall–Kier alpha value is -1.11. The van der Waals surface area contributed by atoms with Crippen LogP contribution in [0.15, 0.2) is 17.8 Å². The average Bonchev–Trinajstić information content (AvgIpc) is 2.43. The van der Waals surface area contributed by atoms with Crippen molar-refractivity contribution >= 4 is 34.7 Å². The summed E-state index contributed by atoms with van der Waals surface area (Å²) in [6.07, 6.45) is 3.53. The number of halogens is 1. The molecule has 2 N–H and O–H groups in total. The van der Waals surface area contributed by atoms with Crippen molar-refractivity contribution in [3.63, 3.8) is 0 Å². The molecule has 2 heterocycles. The Labute approximate surface area is 90.0 Å². The first-order valence-electron chi connectivity index (χ1n) is 3.36. The molecule has 0 aliphatic carbocycles. The molecule has 0 aliphatic rings. The van der Waals surface area contributed by atoms with Gasteiger partial charge in [-0.25, -0.2) is 0 Å². The van der Waals surface area contributed by atoms with Crippen LogP contribution in [0, 0.1) is 0 Å². The van der Waals surface area contributed by atoms with Gasteiger partial charge in [-0.15, -0.1) is 23.7 Å². The van der Waals surface area contributed by atoms with Gasteiger partial charge >= 0.3 is 5.97 Å². The normalized spacial score (nSPS) is 8.93. The van der Waals surface area contributed by atoms with E-state index >= 15 is 0 Å². The number of hydrogen-bond acceptors (Lipinski definition) is 4. The maximum absolute atomic E-state index is 10.5. The lowest BCUT2D eigenvalue weighted by atomic mass is 10.7. The summed E-state index contributed by atoms with van der Waals surface area (Å²) in [7, 11) is 0. The van der Waals surface area contributed by atoms with Crippen LogP contribution in [0.5, 0.6) is 5.88 Å². The molecule has 0 aromatic carbocycles. The lowest BCUT2D eigenvalue weighted by Crippen LogP contribution is -2.00. The van der Waals surface area contributed by atoms with Gasteiger partial charge < -0.3 is 10.2 Å². The summed E-state index contributed by atoms with van der Waals surface area (Å²) in [5.74, 6) is 0.00935. The van der Waals surface area contributed by atoms with Crippen molar-refractivity contribution in [3.8, 4) is 5.88 Å². The Bertz CT molecular complexity index is 397. The smallest absolute Gasteiger partial charge is 0.309 e. The van der Waals surface area contributed by atoms with Gasteiger partial charge in [-0.1, -0.05) is 0 Å². The van der Waals surface area contributed by atoms with E-state index in [1.165, 1.54) is 18.3 Å². The number of hydrogen-bond donors (Lipinski definition) is 0. The third kappa shape index (κ3) is 2.44. The fourth-order valence-electron chi connectivity index (χ4n) is 0.902. The highest BCUT2D eigenvalue weighted by Gasteiger charge is 2.04. The molecule has 2 rings (SSSR count). The van der Waals surface area contributed by atoms with Crippen LogP contribution in [0.25, 0.3) is 4.96 Å². The lowest BCUT2D eigenvalue weighted by molar-refractivity contribution is -0.132. The van der Waals surface area contributed by atoms with Crippen LogP contribution in [0.2, 0.25) is 0 Å². The van der Waals surface area contributed by atoms with Gasteiger partial charge in [0.25, 0.3) is 0 Å². The number of aromatic nitrogens is 2. The minimum atomic E-state index is -0.347. The number of rotatable bonds is 1. The van der Waals surface area contributed by atoms with E-state index in [2.05, 4.69) is 4.98 Å². The SMILES string of the molecule is CC(=O)Oc1cn2ccsc2n1.Cl.O. The van der Waals surface area contributed by atoms with Crippen molar-refractivity contribution in [1.29, 1.82) is 0 Å². The van der Waals surface area contributed by atoms with E-state index in [0.29, 0.717) is 5.88 Å². The molecule has 78 valence electrons. The molecular weight excluding hydrogens is 228 g/mol. The van der Waals surface area contributed by atoms with Crippen LogP contribution in [0.4, 0.5) is 0 Å². The minimum Gasteiger partial charge on any atom is -0.412 e. The molecule has 5 nitrogen and oxygen atoms in total. The molecule has 0 unspecified atom stereocenters. The van der Waals surface area contributed by atoms with Gasteiger partial charge in [-0.3, -0.25) is 9.20 Å². The molecular formula is C7H9ClN2O3S. The van der Waals surface area contributed by atoms with Gasteiger partial charge in [0.1, 0.15) is 0 Å². The molecule has 0 atom stereocenters. The standard InChI is InChI=1S/C7H6N2O2S.ClH.H2O/c1-5(10)11-6-4-9-2-3-12-7(9)8-6;;/h2-4H,1H3;1H;1H2. The summed E-state index contributed by atoms with van der Waals surface area (Å²) in [5, 5.41) is 1.92. The summed E-state index contributed by atoms with van der Waals surface area (Å²) in [6, 6.07) is 0. The summed E-state index contributed by atoms with van der Waals surface area (Å²) < 4.78 is 6.60. The van der Waals surface area contributed by atoms with Crippen molar-refractivity contribution in [2.24, 2.45) is 0 Å². The van der Waals surface area contributed by atoms with Gasteiger partial charge in [-0.05, 0) is 0 Å². The quantitative estimate of drug-likeness (QED) is 0.691. The molecule has 7 heteroatoms. The molecule has 2 aromatic rings. The van der Waals surface area contributed by atoms with E-state index in [9.17, 15) is 4.79 Å². The third-order valence-electron chi connectivity index (χ3n) is 1.32. The minimum absolute atomic E-state index is 0. The first-order chi connectivity index (χ1) is 5.75. The van der Waals surface area contributed by atoms with Crippen LogP contribution in [-0.4, -0.2) is 20.8 Å². The molecule has 2 aromatic heterocycles. The molecule has 14 heavy (non-hydrogen) atoms. The monoisotopic (exact) mass is 236 g/mol. The van der Waals surface area contributed by atoms with Crippen molar-refractivity contribution in [2.45, 2.75) is 6.92 Å². The predicted molar refractivity (Wildman–Crippen MR) is 55.2 cm³/mol. The number of carbonyl (C=O) groups is 1. The molecule has 0 saturated carbocycles. The number of carbonyl (C=O) groups excluding carboxylic acids is 1. The molecule has 0 spiro atoms. The number of ether oxygens (including phenoxy) is 1. The number of nitrogens with zero attached hydrogens (tertiary/aromatic N) is 2. The van der Waals surface area contributed by atoms with Gasteiger partial charge in [0, 0.05) is 18.5 Å². The Morgan fingerprint density at radius 2 is 2.36 bits per heavy atom. The Kier molecular flexibility index (Phi) is 4.55. The van der Waals surface area contributed by atoms with E-state index in [0.717, 1.165) is 4.96 Å². The fraction of sp³-hybridized carbons (Fsp3) is 0.143. The summed E-state index contributed by atoms with van der Waals surface area (Å²) in [4.78, 5) is 15.4. The second-order valence-corrected chi connectivity index (χ2v) is 3.14. The van der Waals surface area contributed by atoms with E-state index in [-0.39, 0.29) is 23.9 Å². The lowest BCUT2D eigenvalue weighted by Gasteiger charge is -1.91. The first kappa shape index (κ1) is 12.9. The zero-order valence-corrected chi connectivity index (χ0v) is 8.89. The highest BCUT2D eigenvalue weighted by Crippen LogP contribution is 2.16. The number of thiazole rings is 1. The van der Waals surface area contributed by atoms with Crippen LogP contribution in [0.1, 0.15) is 6.92 Å². The van der Waals surface area contributed by atoms with E-state index in [1.807, 2.05) is 16.0 Å². The zero-order chi connectivity index (χ0) is 8.55. The van der Waals surface area contributed by atoms with Gasteiger partial charge in [0.15, 0.2) is 4.96 Å². The highest BCUT2D eigenvalue weighted by atomic mass is 35.5.